The van der Waals surface area contributed by atoms with Crippen molar-refractivity contribution in [2.24, 2.45) is 0 Å². The van der Waals surface area contributed by atoms with E-state index in [-0.39, 0.29) is 0 Å². The summed E-state index contributed by atoms with van der Waals surface area (Å²) in [5.74, 6) is 0. The molecule has 2 aliphatic rings. The molecule has 0 bridgehead atoms. The minimum atomic E-state index is 0.783. The Morgan fingerprint density at radius 1 is 1.15 bits per heavy atom. The van der Waals surface area contributed by atoms with Crippen molar-refractivity contribution in [3.63, 3.8) is 0 Å². The predicted octanol–water partition coefficient (Wildman–Crippen LogP) is 3.95. The van der Waals surface area contributed by atoms with E-state index in [0.717, 1.165) is 11.4 Å². The maximum Gasteiger partial charge on any atom is 0.0396 e. The molecule has 0 radical (unpaired) electrons. The Labute approximate surface area is 131 Å². The molecule has 2 fully saturated rings. The van der Waals surface area contributed by atoms with Crippen molar-refractivity contribution in [3.8, 4) is 0 Å². The average Bonchev–Trinajstić information content (AvgIpc) is 2.97. The first-order valence-electron chi connectivity index (χ1n) is 7.92. The van der Waals surface area contributed by atoms with Crippen LogP contribution >= 0.6 is 15.9 Å². The van der Waals surface area contributed by atoms with Crippen molar-refractivity contribution < 1.29 is 0 Å². The molecule has 2 saturated heterocycles. The largest absolute Gasteiger partial charge is 0.370 e. The van der Waals surface area contributed by atoms with Gasteiger partial charge in [-0.15, -0.1) is 0 Å². The molecule has 2 heterocycles. The van der Waals surface area contributed by atoms with Crippen LogP contribution in [0.5, 0.6) is 0 Å². The maximum absolute atomic E-state index is 3.54. The van der Waals surface area contributed by atoms with Crippen LogP contribution in [0.3, 0.4) is 0 Å². The van der Waals surface area contributed by atoms with Crippen molar-refractivity contribution in [2.75, 3.05) is 31.1 Å². The fourth-order valence-electron chi connectivity index (χ4n) is 3.70. The standard InChI is InChI=1S/C17H25BrN2/c1-14-11-15(12-18)5-6-17(14)20-10-7-16(13-20)19-8-3-2-4-9-19/h5-6,11,16H,2-4,7-10,12-13H2,1H3. The third kappa shape index (κ3) is 3.04. The number of piperidine rings is 1. The lowest BCUT2D eigenvalue weighted by molar-refractivity contribution is 0.175. The smallest absolute Gasteiger partial charge is 0.0396 e. The van der Waals surface area contributed by atoms with Crippen molar-refractivity contribution in [1.82, 2.24) is 4.90 Å². The number of anilines is 1. The van der Waals surface area contributed by atoms with Gasteiger partial charge in [0.25, 0.3) is 0 Å². The predicted molar refractivity (Wildman–Crippen MR) is 89.9 cm³/mol. The van der Waals surface area contributed by atoms with Crippen LogP contribution < -0.4 is 4.90 Å². The van der Waals surface area contributed by atoms with Gasteiger partial charge in [-0.2, -0.15) is 0 Å². The number of hydrogen-bond acceptors (Lipinski definition) is 2. The topological polar surface area (TPSA) is 6.48 Å². The summed E-state index contributed by atoms with van der Waals surface area (Å²) in [5.41, 5.74) is 4.23. The van der Waals surface area contributed by atoms with E-state index in [2.05, 4.69) is 50.9 Å². The van der Waals surface area contributed by atoms with E-state index in [0.29, 0.717) is 0 Å². The second-order valence-corrected chi connectivity index (χ2v) is 6.80. The van der Waals surface area contributed by atoms with Crippen LogP contribution in [0, 0.1) is 6.92 Å². The van der Waals surface area contributed by atoms with Gasteiger partial charge in [-0.05, 0) is 56.5 Å². The SMILES string of the molecule is Cc1cc(CBr)ccc1N1CCC(N2CCCCC2)C1. The van der Waals surface area contributed by atoms with Crippen molar-refractivity contribution in [1.29, 1.82) is 0 Å². The molecule has 0 N–H and O–H groups in total. The molecule has 1 aromatic carbocycles. The molecule has 0 spiro atoms. The monoisotopic (exact) mass is 336 g/mol. The molecule has 1 unspecified atom stereocenters. The summed E-state index contributed by atoms with van der Waals surface area (Å²) in [6, 6.07) is 7.67. The first kappa shape index (κ1) is 14.4. The van der Waals surface area contributed by atoms with Gasteiger partial charge in [-0.3, -0.25) is 4.90 Å². The Bertz CT molecular complexity index is 454. The third-order valence-corrected chi connectivity index (χ3v) is 5.47. The van der Waals surface area contributed by atoms with Gasteiger partial charge in [0.15, 0.2) is 0 Å². The molecule has 110 valence electrons. The summed E-state index contributed by atoms with van der Waals surface area (Å²) in [5, 5.41) is 0.949. The van der Waals surface area contributed by atoms with E-state index in [1.54, 1.807) is 0 Å². The van der Waals surface area contributed by atoms with E-state index < -0.39 is 0 Å². The van der Waals surface area contributed by atoms with E-state index in [1.165, 1.54) is 68.7 Å². The van der Waals surface area contributed by atoms with Gasteiger partial charge < -0.3 is 4.90 Å². The molecule has 0 amide bonds. The Morgan fingerprint density at radius 2 is 1.95 bits per heavy atom. The molecule has 2 aliphatic heterocycles. The summed E-state index contributed by atoms with van der Waals surface area (Å²) in [7, 11) is 0. The van der Waals surface area contributed by atoms with Gasteiger partial charge >= 0.3 is 0 Å². The number of hydrogen-bond donors (Lipinski definition) is 0. The van der Waals surface area contributed by atoms with Crippen LogP contribution in [0.1, 0.15) is 36.8 Å². The van der Waals surface area contributed by atoms with Crippen LogP contribution in [-0.2, 0) is 5.33 Å². The zero-order valence-corrected chi connectivity index (χ0v) is 14.0. The maximum atomic E-state index is 3.54. The molecule has 2 nitrogen and oxygen atoms in total. The highest BCUT2D eigenvalue weighted by Crippen LogP contribution is 2.28. The van der Waals surface area contributed by atoms with Crippen LogP contribution in [0.2, 0.25) is 0 Å². The van der Waals surface area contributed by atoms with Gasteiger partial charge in [0.05, 0.1) is 0 Å². The molecule has 1 aromatic rings. The summed E-state index contributed by atoms with van der Waals surface area (Å²) in [6.07, 6.45) is 5.56. The molecule has 20 heavy (non-hydrogen) atoms. The zero-order chi connectivity index (χ0) is 13.9. The number of alkyl halides is 1. The van der Waals surface area contributed by atoms with E-state index >= 15 is 0 Å². The van der Waals surface area contributed by atoms with Crippen LogP contribution in [0.25, 0.3) is 0 Å². The number of benzene rings is 1. The molecule has 3 heteroatoms. The zero-order valence-electron chi connectivity index (χ0n) is 12.4. The fourth-order valence-corrected chi connectivity index (χ4v) is 4.05. The van der Waals surface area contributed by atoms with E-state index in [9.17, 15) is 0 Å². The lowest BCUT2D eigenvalue weighted by Crippen LogP contribution is -2.40. The van der Waals surface area contributed by atoms with Crippen LogP contribution in [-0.4, -0.2) is 37.1 Å². The summed E-state index contributed by atoms with van der Waals surface area (Å²) in [6.45, 7) is 7.32. The minimum absolute atomic E-state index is 0.783. The second kappa shape index (κ2) is 6.48. The van der Waals surface area contributed by atoms with Gasteiger partial charge in [0.2, 0.25) is 0 Å². The van der Waals surface area contributed by atoms with Crippen LogP contribution in [0.4, 0.5) is 5.69 Å². The number of rotatable bonds is 3. The highest BCUT2D eigenvalue weighted by Gasteiger charge is 2.29. The Balaban J connectivity index is 1.67. The molecule has 0 aliphatic carbocycles. The van der Waals surface area contributed by atoms with Crippen molar-refractivity contribution in [2.45, 2.75) is 44.0 Å². The fraction of sp³-hybridized carbons (Fsp3) is 0.647. The summed E-state index contributed by atoms with van der Waals surface area (Å²) >= 11 is 3.54. The van der Waals surface area contributed by atoms with Crippen molar-refractivity contribution >= 4 is 21.6 Å². The third-order valence-electron chi connectivity index (χ3n) is 4.83. The number of aryl methyl sites for hydroxylation is 1. The summed E-state index contributed by atoms with van der Waals surface area (Å²) in [4.78, 5) is 5.32. The Hall–Kier alpha value is -0.540. The van der Waals surface area contributed by atoms with E-state index in [4.69, 9.17) is 0 Å². The lowest BCUT2D eigenvalue weighted by Gasteiger charge is -2.32. The molecule has 0 saturated carbocycles. The summed E-state index contributed by atoms with van der Waals surface area (Å²) < 4.78 is 0. The number of likely N-dealkylation sites (tertiary alicyclic amines) is 1. The van der Waals surface area contributed by atoms with Gasteiger partial charge in [0.1, 0.15) is 0 Å². The molecule has 1 atom stereocenters. The molecular formula is C17H25BrN2. The van der Waals surface area contributed by atoms with Gasteiger partial charge in [-0.25, -0.2) is 0 Å². The lowest BCUT2D eigenvalue weighted by atomic mass is 10.1. The number of halogens is 1. The highest BCUT2D eigenvalue weighted by atomic mass is 79.9. The second-order valence-electron chi connectivity index (χ2n) is 6.24. The normalized spacial score (nSPS) is 24.3. The first-order valence-corrected chi connectivity index (χ1v) is 9.04. The van der Waals surface area contributed by atoms with Crippen LogP contribution in [0.15, 0.2) is 18.2 Å². The molecule has 0 aromatic heterocycles. The van der Waals surface area contributed by atoms with E-state index in [1.807, 2.05) is 0 Å². The van der Waals surface area contributed by atoms with Crippen molar-refractivity contribution in [3.05, 3.63) is 29.3 Å². The minimum Gasteiger partial charge on any atom is -0.370 e. The highest BCUT2D eigenvalue weighted by molar-refractivity contribution is 9.08. The quantitative estimate of drug-likeness (QED) is 0.771. The Morgan fingerprint density at radius 3 is 2.65 bits per heavy atom. The molecule has 3 rings (SSSR count). The average molecular weight is 337 g/mol. The van der Waals surface area contributed by atoms with Gasteiger partial charge in [0, 0.05) is 30.1 Å². The first-order chi connectivity index (χ1) is 9.78. The molecular weight excluding hydrogens is 312 g/mol. The van der Waals surface area contributed by atoms with Gasteiger partial charge in [-0.1, -0.05) is 34.5 Å². The Kier molecular flexibility index (Phi) is 4.67. The number of nitrogens with zero attached hydrogens (tertiary/aromatic N) is 2.